The number of nitrogens with two attached hydrogens (primary N) is 1. The van der Waals surface area contributed by atoms with Crippen LogP contribution in [0.5, 0.6) is 0 Å². The fourth-order valence-electron chi connectivity index (χ4n) is 1.30. The van der Waals surface area contributed by atoms with Gasteiger partial charge in [-0.3, -0.25) is 0 Å². The number of fused-ring (bicyclic) bond motifs is 1. The normalized spacial score (nSPS) is 10.8. The summed E-state index contributed by atoms with van der Waals surface area (Å²) in [4.78, 5) is 7.66. The van der Waals surface area contributed by atoms with Crippen LogP contribution in [-0.2, 0) is 0 Å². The Morgan fingerprint density at radius 2 is 1.93 bits per heavy atom. The highest BCUT2D eigenvalue weighted by Crippen LogP contribution is 2.21. The molecule has 1 aromatic carbocycles. The number of anilines is 1. The second kappa shape index (κ2) is 2.87. The van der Waals surface area contributed by atoms with Gasteiger partial charge in [0.05, 0.1) is 0 Å². The molecule has 2 N–H and O–H groups in total. The molecule has 2 aromatic rings. The highest BCUT2D eigenvalue weighted by molar-refractivity contribution is 5.88. The number of benzene rings is 1. The van der Waals surface area contributed by atoms with Gasteiger partial charge in [0, 0.05) is 11.5 Å². The molecule has 0 radical (unpaired) electrons. The minimum atomic E-state index is -0.725. The standard InChI is InChI=1S/C9H7F2N3/c1-4-13-8-6(9(12)14-4)2-5(10)3-7(8)11/h2-3H,1H3,(H2,12,13,14). The summed E-state index contributed by atoms with van der Waals surface area (Å²) in [6.07, 6.45) is 0. The van der Waals surface area contributed by atoms with Gasteiger partial charge in [-0.15, -0.1) is 0 Å². The second-order valence-electron chi connectivity index (χ2n) is 2.94. The molecule has 3 nitrogen and oxygen atoms in total. The van der Waals surface area contributed by atoms with Crippen molar-refractivity contribution in [1.82, 2.24) is 9.97 Å². The summed E-state index contributed by atoms with van der Waals surface area (Å²) in [6.45, 7) is 1.60. The molecule has 0 saturated carbocycles. The molecule has 0 fully saturated rings. The zero-order valence-electron chi connectivity index (χ0n) is 7.38. The van der Waals surface area contributed by atoms with Crippen molar-refractivity contribution in [1.29, 1.82) is 0 Å². The smallest absolute Gasteiger partial charge is 0.152 e. The lowest BCUT2D eigenvalue weighted by molar-refractivity contribution is 0.590. The van der Waals surface area contributed by atoms with Crippen molar-refractivity contribution in [2.75, 3.05) is 5.73 Å². The molecule has 1 aromatic heterocycles. The highest BCUT2D eigenvalue weighted by atomic mass is 19.1. The van der Waals surface area contributed by atoms with E-state index in [0.29, 0.717) is 5.82 Å². The predicted octanol–water partition coefficient (Wildman–Crippen LogP) is 1.80. The Hall–Kier alpha value is -1.78. The molecule has 0 aliphatic carbocycles. The summed E-state index contributed by atoms with van der Waals surface area (Å²) in [5.74, 6) is -0.960. The average molecular weight is 195 g/mol. The molecule has 72 valence electrons. The van der Waals surface area contributed by atoms with E-state index in [1.54, 1.807) is 6.92 Å². The monoisotopic (exact) mass is 195 g/mol. The molecule has 5 heteroatoms. The van der Waals surface area contributed by atoms with Gasteiger partial charge in [0.25, 0.3) is 0 Å². The number of hydrogen-bond donors (Lipinski definition) is 1. The zero-order chi connectivity index (χ0) is 10.3. The van der Waals surface area contributed by atoms with Crippen LogP contribution in [0, 0.1) is 18.6 Å². The second-order valence-corrected chi connectivity index (χ2v) is 2.94. The maximum absolute atomic E-state index is 13.2. The number of hydrogen-bond acceptors (Lipinski definition) is 3. The molecule has 0 atom stereocenters. The molecular weight excluding hydrogens is 188 g/mol. The Morgan fingerprint density at radius 3 is 2.64 bits per heavy atom. The van der Waals surface area contributed by atoms with Crippen LogP contribution in [0.1, 0.15) is 5.82 Å². The molecule has 0 amide bonds. The summed E-state index contributed by atoms with van der Waals surface area (Å²) in [7, 11) is 0. The summed E-state index contributed by atoms with van der Waals surface area (Å²) in [5.41, 5.74) is 5.56. The Balaban J connectivity index is 2.94. The Bertz CT molecular complexity index is 464. The van der Waals surface area contributed by atoms with Gasteiger partial charge in [-0.05, 0) is 13.0 Å². The van der Waals surface area contributed by atoms with E-state index in [1.165, 1.54) is 0 Å². The SMILES string of the molecule is Cc1nc(N)c2cc(F)cc(F)c2n1. The third-order valence-electron chi connectivity index (χ3n) is 1.86. The summed E-state index contributed by atoms with van der Waals surface area (Å²) in [6, 6.07) is 1.89. The van der Waals surface area contributed by atoms with Gasteiger partial charge in [0.2, 0.25) is 0 Å². The summed E-state index contributed by atoms with van der Waals surface area (Å²) in [5, 5.41) is 0.202. The van der Waals surface area contributed by atoms with Gasteiger partial charge in [-0.2, -0.15) is 0 Å². The van der Waals surface area contributed by atoms with Crippen molar-refractivity contribution in [3.63, 3.8) is 0 Å². The van der Waals surface area contributed by atoms with E-state index in [1.807, 2.05) is 0 Å². The molecule has 0 aliphatic rings. The van der Waals surface area contributed by atoms with E-state index in [2.05, 4.69) is 9.97 Å². The first-order valence-electron chi connectivity index (χ1n) is 3.97. The van der Waals surface area contributed by atoms with E-state index < -0.39 is 11.6 Å². The lowest BCUT2D eigenvalue weighted by Gasteiger charge is -2.03. The van der Waals surface area contributed by atoms with Gasteiger partial charge in [0.1, 0.15) is 23.0 Å². The van der Waals surface area contributed by atoms with Crippen molar-refractivity contribution in [3.8, 4) is 0 Å². The van der Waals surface area contributed by atoms with Crippen LogP contribution in [0.2, 0.25) is 0 Å². The first-order chi connectivity index (χ1) is 6.58. The third kappa shape index (κ3) is 1.26. The molecule has 0 spiro atoms. The van der Waals surface area contributed by atoms with Gasteiger partial charge in [-0.1, -0.05) is 0 Å². The minimum Gasteiger partial charge on any atom is -0.383 e. The van der Waals surface area contributed by atoms with Crippen molar-refractivity contribution < 1.29 is 8.78 Å². The first-order valence-corrected chi connectivity index (χ1v) is 3.97. The molecular formula is C9H7F2N3. The highest BCUT2D eigenvalue weighted by Gasteiger charge is 2.09. The molecule has 0 unspecified atom stereocenters. The van der Waals surface area contributed by atoms with Crippen LogP contribution in [0.4, 0.5) is 14.6 Å². The van der Waals surface area contributed by atoms with Crippen LogP contribution in [0.3, 0.4) is 0 Å². The fraction of sp³-hybridized carbons (Fsp3) is 0.111. The summed E-state index contributed by atoms with van der Waals surface area (Å²) >= 11 is 0. The van der Waals surface area contributed by atoms with Gasteiger partial charge in [-0.25, -0.2) is 18.7 Å². The lowest BCUT2D eigenvalue weighted by atomic mass is 10.2. The first kappa shape index (κ1) is 8.80. The van der Waals surface area contributed by atoms with Crippen LogP contribution >= 0.6 is 0 Å². The van der Waals surface area contributed by atoms with E-state index in [4.69, 9.17) is 5.73 Å². The topological polar surface area (TPSA) is 51.8 Å². The van der Waals surface area contributed by atoms with Crippen LogP contribution < -0.4 is 5.73 Å². The van der Waals surface area contributed by atoms with Crippen LogP contribution in [0.25, 0.3) is 10.9 Å². The predicted molar refractivity (Wildman–Crippen MR) is 48.6 cm³/mol. The number of aromatic nitrogens is 2. The number of halogens is 2. The summed E-state index contributed by atoms with van der Waals surface area (Å²) < 4.78 is 26.0. The molecule has 0 saturated heterocycles. The number of nitrogens with zero attached hydrogens (tertiary/aromatic N) is 2. The third-order valence-corrected chi connectivity index (χ3v) is 1.86. The maximum atomic E-state index is 13.2. The van der Waals surface area contributed by atoms with Gasteiger partial charge >= 0.3 is 0 Å². The largest absolute Gasteiger partial charge is 0.383 e. The quantitative estimate of drug-likeness (QED) is 0.697. The van der Waals surface area contributed by atoms with Gasteiger partial charge < -0.3 is 5.73 Å². The Morgan fingerprint density at radius 1 is 1.21 bits per heavy atom. The molecule has 1 heterocycles. The maximum Gasteiger partial charge on any atom is 0.152 e. The van der Waals surface area contributed by atoms with Crippen molar-refractivity contribution in [2.45, 2.75) is 6.92 Å². The van der Waals surface area contributed by atoms with E-state index in [9.17, 15) is 8.78 Å². The van der Waals surface area contributed by atoms with Crippen molar-refractivity contribution in [2.24, 2.45) is 0 Å². The zero-order valence-corrected chi connectivity index (χ0v) is 7.38. The Labute approximate surface area is 78.6 Å². The Kier molecular flexibility index (Phi) is 1.80. The number of nitrogen functional groups attached to an aromatic ring is 1. The minimum absolute atomic E-state index is 0.0522. The number of aryl methyl sites for hydroxylation is 1. The molecule has 2 rings (SSSR count). The molecule has 14 heavy (non-hydrogen) atoms. The van der Waals surface area contributed by atoms with Crippen LogP contribution in [0.15, 0.2) is 12.1 Å². The van der Waals surface area contributed by atoms with Crippen molar-refractivity contribution in [3.05, 3.63) is 29.6 Å². The van der Waals surface area contributed by atoms with Crippen molar-refractivity contribution >= 4 is 16.7 Å². The van der Waals surface area contributed by atoms with E-state index in [0.717, 1.165) is 12.1 Å². The average Bonchev–Trinajstić information content (AvgIpc) is 2.07. The fourth-order valence-corrected chi connectivity index (χ4v) is 1.30. The number of rotatable bonds is 0. The van der Waals surface area contributed by atoms with Gasteiger partial charge in [0.15, 0.2) is 5.82 Å². The van der Waals surface area contributed by atoms with E-state index in [-0.39, 0.29) is 16.7 Å². The lowest BCUT2D eigenvalue weighted by Crippen LogP contribution is -1.99. The van der Waals surface area contributed by atoms with E-state index >= 15 is 0 Å². The molecule has 0 bridgehead atoms. The van der Waals surface area contributed by atoms with Crippen LogP contribution in [-0.4, -0.2) is 9.97 Å². The molecule has 0 aliphatic heterocycles.